The number of hydrogen-bond donors (Lipinski definition) is 1. The fourth-order valence-electron chi connectivity index (χ4n) is 3.05. The van der Waals surface area contributed by atoms with Crippen molar-refractivity contribution in [2.24, 2.45) is 0 Å². The zero-order chi connectivity index (χ0) is 19.2. The summed E-state index contributed by atoms with van der Waals surface area (Å²) in [6.07, 6.45) is 0.760. The van der Waals surface area contributed by atoms with E-state index in [4.69, 9.17) is 14.2 Å². The number of para-hydroxylation sites is 1. The predicted molar refractivity (Wildman–Crippen MR) is 106 cm³/mol. The molecule has 5 heteroatoms. The van der Waals surface area contributed by atoms with Gasteiger partial charge in [0.15, 0.2) is 18.1 Å². The van der Waals surface area contributed by atoms with Crippen LogP contribution < -0.4 is 19.5 Å². The van der Waals surface area contributed by atoms with Gasteiger partial charge in [0.2, 0.25) is 6.79 Å². The number of carbonyl (C=O) groups excluding carboxylic acids is 1. The van der Waals surface area contributed by atoms with E-state index in [1.165, 1.54) is 5.56 Å². The van der Waals surface area contributed by atoms with E-state index in [1.54, 1.807) is 0 Å². The molecule has 28 heavy (non-hydrogen) atoms. The molecule has 0 saturated heterocycles. The molecule has 0 saturated carbocycles. The van der Waals surface area contributed by atoms with Crippen LogP contribution in [0.15, 0.2) is 72.8 Å². The summed E-state index contributed by atoms with van der Waals surface area (Å²) < 4.78 is 16.4. The van der Waals surface area contributed by atoms with Gasteiger partial charge in [-0.15, -0.1) is 0 Å². The van der Waals surface area contributed by atoms with E-state index in [1.807, 2.05) is 60.7 Å². The molecule has 0 bridgehead atoms. The molecule has 0 spiro atoms. The molecule has 5 nitrogen and oxygen atoms in total. The summed E-state index contributed by atoms with van der Waals surface area (Å²) in [6, 6.07) is 23.6. The van der Waals surface area contributed by atoms with Crippen molar-refractivity contribution in [2.75, 3.05) is 13.4 Å². The summed E-state index contributed by atoms with van der Waals surface area (Å²) in [5.74, 6) is 1.99. The second-order valence-electron chi connectivity index (χ2n) is 6.52. The van der Waals surface area contributed by atoms with E-state index in [9.17, 15) is 4.79 Å². The molecule has 3 aromatic carbocycles. The Morgan fingerprint density at radius 3 is 2.57 bits per heavy atom. The zero-order valence-electron chi connectivity index (χ0n) is 15.4. The van der Waals surface area contributed by atoms with E-state index in [0.29, 0.717) is 12.3 Å². The number of rotatable bonds is 7. The van der Waals surface area contributed by atoms with Gasteiger partial charge < -0.3 is 19.5 Å². The van der Waals surface area contributed by atoms with Crippen LogP contribution in [0.2, 0.25) is 0 Å². The summed E-state index contributed by atoms with van der Waals surface area (Å²) in [5, 5.41) is 2.87. The quantitative estimate of drug-likeness (QED) is 0.684. The molecular weight excluding hydrogens is 354 g/mol. The molecule has 0 radical (unpaired) electrons. The van der Waals surface area contributed by atoms with Crippen LogP contribution in [0.25, 0.3) is 0 Å². The summed E-state index contributed by atoms with van der Waals surface area (Å²) in [7, 11) is 0. The number of carbonyl (C=O) groups is 1. The molecule has 3 aromatic rings. The lowest BCUT2D eigenvalue weighted by Crippen LogP contribution is -2.28. The number of amides is 1. The third-order valence-corrected chi connectivity index (χ3v) is 4.50. The van der Waals surface area contributed by atoms with Gasteiger partial charge in [-0.05, 0) is 34.9 Å². The fraction of sp³-hybridized carbons (Fsp3) is 0.174. The summed E-state index contributed by atoms with van der Waals surface area (Å²) in [4.78, 5) is 12.2. The number of benzene rings is 3. The lowest BCUT2D eigenvalue weighted by molar-refractivity contribution is -0.123. The smallest absolute Gasteiger partial charge is 0.258 e. The molecule has 4 rings (SSSR count). The SMILES string of the molecule is O=C(COc1ccccc1Cc1ccccc1)NCc1ccc2c(c1)OCO2. The van der Waals surface area contributed by atoms with Gasteiger partial charge in [-0.3, -0.25) is 4.79 Å². The Hall–Kier alpha value is -3.47. The Labute approximate surface area is 163 Å². The van der Waals surface area contributed by atoms with Crippen molar-refractivity contribution in [1.29, 1.82) is 0 Å². The lowest BCUT2D eigenvalue weighted by atomic mass is 10.0. The number of fused-ring (bicyclic) bond motifs is 1. The number of nitrogens with one attached hydrogen (secondary N) is 1. The molecular formula is C23H21NO4. The van der Waals surface area contributed by atoms with Gasteiger partial charge in [0.25, 0.3) is 5.91 Å². The van der Waals surface area contributed by atoms with E-state index in [-0.39, 0.29) is 19.3 Å². The van der Waals surface area contributed by atoms with Gasteiger partial charge in [0.1, 0.15) is 5.75 Å². The van der Waals surface area contributed by atoms with Crippen molar-refractivity contribution in [3.63, 3.8) is 0 Å². The lowest BCUT2D eigenvalue weighted by Gasteiger charge is -2.12. The van der Waals surface area contributed by atoms with Crippen LogP contribution in [-0.2, 0) is 17.8 Å². The van der Waals surface area contributed by atoms with Crippen molar-refractivity contribution in [2.45, 2.75) is 13.0 Å². The van der Waals surface area contributed by atoms with Crippen molar-refractivity contribution in [3.8, 4) is 17.2 Å². The van der Waals surface area contributed by atoms with Gasteiger partial charge in [-0.25, -0.2) is 0 Å². The highest BCUT2D eigenvalue weighted by molar-refractivity contribution is 5.77. The van der Waals surface area contributed by atoms with E-state index < -0.39 is 0 Å². The molecule has 0 fully saturated rings. The summed E-state index contributed by atoms with van der Waals surface area (Å²) in [5.41, 5.74) is 3.20. The highest BCUT2D eigenvalue weighted by Crippen LogP contribution is 2.32. The van der Waals surface area contributed by atoms with Crippen LogP contribution in [0, 0.1) is 0 Å². The Bertz CT molecular complexity index is 956. The third-order valence-electron chi connectivity index (χ3n) is 4.50. The zero-order valence-corrected chi connectivity index (χ0v) is 15.4. The van der Waals surface area contributed by atoms with E-state index in [0.717, 1.165) is 29.0 Å². The maximum absolute atomic E-state index is 12.2. The van der Waals surface area contributed by atoms with Crippen LogP contribution in [0.4, 0.5) is 0 Å². The highest BCUT2D eigenvalue weighted by Gasteiger charge is 2.13. The summed E-state index contributed by atoms with van der Waals surface area (Å²) >= 11 is 0. The van der Waals surface area contributed by atoms with Crippen molar-refractivity contribution in [3.05, 3.63) is 89.5 Å². The van der Waals surface area contributed by atoms with Crippen LogP contribution in [0.5, 0.6) is 17.2 Å². The molecule has 1 aliphatic heterocycles. The molecule has 1 amide bonds. The molecule has 0 aliphatic carbocycles. The molecule has 142 valence electrons. The Morgan fingerprint density at radius 2 is 1.68 bits per heavy atom. The maximum atomic E-state index is 12.2. The van der Waals surface area contributed by atoms with Crippen LogP contribution >= 0.6 is 0 Å². The van der Waals surface area contributed by atoms with Gasteiger partial charge in [-0.1, -0.05) is 54.6 Å². The highest BCUT2D eigenvalue weighted by atomic mass is 16.7. The molecule has 1 aliphatic rings. The molecule has 0 aromatic heterocycles. The minimum atomic E-state index is -0.174. The largest absolute Gasteiger partial charge is 0.483 e. The van der Waals surface area contributed by atoms with Crippen molar-refractivity contribution in [1.82, 2.24) is 5.32 Å². The monoisotopic (exact) mass is 375 g/mol. The Balaban J connectivity index is 1.31. The predicted octanol–water partition coefficient (Wildman–Crippen LogP) is 3.70. The Morgan fingerprint density at radius 1 is 0.893 bits per heavy atom. The first kappa shape index (κ1) is 17.9. The van der Waals surface area contributed by atoms with Gasteiger partial charge in [-0.2, -0.15) is 0 Å². The number of hydrogen-bond acceptors (Lipinski definition) is 4. The topological polar surface area (TPSA) is 56.8 Å². The molecule has 1 heterocycles. The maximum Gasteiger partial charge on any atom is 0.258 e. The van der Waals surface area contributed by atoms with E-state index in [2.05, 4.69) is 17.4 Å². The first-order valence-electron chi connectivity index (χ1n) is 9.18. The first-order valence-corrected chi connectivity index (χ1v) is 9.18. The Kier molecular flexibility index (Phi) is 5.43. The van der Waals surface area contributed by atoms with Gasteiger partial charge >= 0.3 is 0 Å². The first-order chi connectivity index (χ1) is 13.8. The normalized spacial score (nSPS) is 11.9. The van der Waals surface area contributed by atoms with Gasteiger partial charge in [0, 0.05) is 13.0 Å². The second kappa shape index (κ2) is 8.48. The van der Waals surface area contributed by atoms with Crippen molar-refractivity contribution < 1.29 is 19.0 Å². The standard InChI is InChI=1S/C23H21NO4/c25-23(24-14-18-10-11-21-22(13-18)28-16-27-21)15-26-20-9-5-4-8-19(20)12-17-6-2-1-3-7-17/h1-11,13H,12,14-16H2,(H,24,25). The molecule has 0 unspecified atom stereocenters. The van der Waals surface area contributed by atoms with Crippen LogP contribution in [-0.4, -0.2) is 19.3 Å². The van der Waals surface area contributed by atoms with Crippen LogP contribution in [0.1, 0.15) is 16.7 Å². The minimum absolute atomic E-state index is 0.0314. The summed E-state index contributed by atoms with van der Waals surface area (Å²) in [6.45, 7) is 0.613. The minimum Gasteiger partial charge on any atom is -0.483 e. The third kappa shape index (κ3) is 4.43. The average molecular weight is 375 g/mol. The van der Waals surface area contributed by atoms with Crippen LogP contribution in [0.3, 0.4) is 0 Å². The second-order valence-corrected chi connectivity index (χ2v) is 6.52. The molecule has 0 atom stereocenters. The fourth-order valence-corrected chi connectivity index (χ4v) is 3.05. The van der Waals surface area contributed by atoms with Crippen molar-refractivity contribution >= 4 is 5.91 Å². The van der Waals surface area contributed by atoms with Gasteiger partial charge in [0.05, 0.1) is 0 Å². The number of ether oxygens (including phenoxy) is 3. The van der Waals surface area contributed by atoms with E-state index >= 15 is 0 Å². The average Bonchev–Trinajstić information content (AvgIpc) is 3.20. The molecule has 1 N–H and O–H groups in total.